The first-order chi connectivity index (χ1) is 7.63. The third-order valence-electron chi connectivity index (χ3n) is 2.99. The molecule has 2 nitrogen and oxygen atoms in total. The number of rotatable bonds is 6. The third kappa shape index (κ3) is 3.53. The van der Waals surface area contributed by atoms with E-state index in [2.05, 4.69) is 50.4 Å². The number of aryl methyl sites for hydroxylation is 1. The van der Waals surface area contributed by atoms with Crippen molar-refractivity contribution in [2.45, 2.75) is 39.2 Å². The Morgan fingerprint density at radius 1 is 1.19 bits per heavy atom. The highest BCUT2D eigenvalue weighted by Crippen LogP contribution is 2.21. The molecule has 1 aromatic carbocycles. The lowest BCUT2D eigenvalue weighted by atomic mass is 10.0. The topological polar surface area (TPSA) is 21.3 Å². The molecule has 1 rings (SSSR count). The van der Waals surface area contributed by atoms with Crippen molar-refractivity contribution in [3.05, 3.63) is 29.8 Å². The van der Waals surface area contributed by atoms with E-state index in [1.807, 2.05) is 7.05 Å². The Labute approximate surface area is 99.0 Å². The average molecular weight is 221 g/mol. The second kappa shape index (κ2) is 5.90. The third-order valence-corrected chi connectivity index (χ3v) is 2.99. The van der Waals surface area contributed by atoms with Gasteiger partial charge in [0.15, 0.2) is 0 Å². The molecule has 0 aliphatic heterocycles. The van der Waals surface area contributed by atoms with Gasteiger partial charge in [-0.05, 0) is 44.5 Å². The monoisotopic (exact) mass is 221 g/mol. The Balaban J connectivity index is 2.70. The van der Waals surface area contributed by atoms with Gasteiger partial charge in [0.2, 0.25) is 0 Å². The maximum Gasteiger partial charge on any atom is 0.120 e. The molecule has 0 aliphatic carbocycles. The molecule has 0 amide bonds. The maximum atomic E-state index is 6.03. The fourth-order valence-electron chi connectivity index (χ4n) is 1.68. The molecule has 0 spiro atoms. The van der Waals surface area contributed by atoms with Crippen LogP contribution in [0.2, 0.25) is 0 Å². The van der Waals surface area contributed by atoms with E-state index in [1.165, 1.54) is 5.56 Å². The van der Waals surface area contributed by atoms with Crippen LogP contribution in [0.5, 0.6) is 5.75 Å². The van der Waals surface area contributed by atoms with Crippen LogP contribution in [0.15, 0.2) is 24.3 Å². The van der Waals surface area contributed by atoms with Crippen LogP contribution < -0.4 is 10.1 Å². The van der Waals surface area contributed by atoms with E-state index < -0.39 is 0 Å². The van der Waals surface area contributed by atoms with Gasteiger partial charge in [-0.1, -0.05) is 26.0 Å². The largest absolute Gasteiger partial charge is 0.486 e. The smallest absolute Gasteiger partial charge is 0.120 e. The van der Waals surface area contributed by atoms with E-state index in [0.29, 0.717) is 0 Å². The van der Waals surface area contributed by atoms with Crippen LogP contribution >= 0.6 is 0 Å². The second-order valence-corrected chi connectivity index (χ2v) is 4.43. The molecule has 1 aromatic rings. The average Bonchev–Trinajstić information content (AvgIpc) is 2.30. The molecule has 0 aromatic heterocycles. The Bertz CT molecular complexity index is 307. The van der Waals surface area contributed by atoms with Crippen LogP contribution in [0.1, 0.15) is 32.8 Å². The summed E-state index contributed by atoms with van der Waals surface area (Å²) in [6.07, 6.45) is 2.06. The quantitative estimate of drug-likeness (QED) is 0.797. The predicted octanol–water partition coefficient (Wildman–Crippen LogP) is 3.02. The molecule has 0 heterocycles. The zero-order valence-corrected chi connectivity index (χ0v) is 10.8. The summed E-state index contributed by atoms with van der Waals surface area (Å²) >= 11 is 0. The van der Waals surface area contributed by atoms with Crippen molar-refractivity contribution in [2.75, 3.05) is 13.6 Å². The summed E-state index contributed by atoms with van der Waals surface area (Å²) in [6, 6.07) is 8.38. The molecule has 2 heteroatoms. The first-order valence-electron chi connectivity index (χ1n) is 6.06. The van der Waals surface area contributed by atoms with Gasteiger partial charge >= 0.3 is 0 Å². The van der Waals surface area contributed by atoms with Gasteiger partial charge in [0, 0.05) is 6.54 Å². The Hall–Kier alpha value is -1.02. The summed E-state index contributed by atoms with van der Waals surface area (Å²) in [4.78, 5) is 0. The highest BCUT2D eigenvalue weighted by Gasteiger charge is 2.22. The summed E-state index contributed by atoms with van der Waals surface area (Å²) in [5.41, 5.74) is 1.22. The molecule has 0 aliphatic rings. The molecule has 1 atom stereocenters. The van der Waals surface area contributed by atoms with E-state index in [1.54, 1.807) is 0 Å². The Morgan fingerprint density at radius 2 is 1.81 bits per heavy atom. The normalized spacial score (nSPS) is 14.5. The summed E-state index contributed by atoms with van der Waals surface area (Å²) in [6.45, 7) is 7.31. The van der Waals surface area contributed by atoms with Crippen molar-refractivity contribution in [1.29, 1.82) is 0 Å². The summed E-state index contributed by atoms with van der Waals surface area (Å²) in [5, 5.41) is 3.18. The van der Waals surface area contributed by atoms with Gasteiger partial charge in [-0.25, -0.2) is 0 Å². The number of benzene rings is 1. The summed E-state index contributed by atoms with van der Waals surface area (Å²) in [5.74, 6) is 0.955. The molecule has 1 unspecified atom stereocenters. The Kier molecular flexibility index (Phi) is 4.81. The van der Waals surface area contributed by atoms with Gasteiger partial charge in [-0.15, -0.1) is 0 Å². The summed E-state index contributed by atoms with van der Waals surface area (Å²) < 4.78 is 6.03. The zero-order valence-electron chi connectivity index (χ0n) is 10.8. The Morgan fingerprint density at radius 3 is 2.25 bits per heavy atom. The second-order valence-electron chi connectivity index (χ2n) is 4.43. The van der Waals surface area contributed by atoms with Crippen LogP contribution in [0.25, 0.3) is 0 Å². The van der Waals surface area contributed by atoms with Gasteiger partial charge in [0.05, 0.1) is 0 Å². The molecule has 0 bridgehead atoms. The van der Waals surface area contributed by atoms with Gasteiger partial charge in [0.25, 0.3) is 0 Å². The van der Waals surface area contributed by atoms with Crippen LogP contribution in [0.4, 0.5) is 0 Å². The number of likely N-dealkylation sites (N-methyl/N-ethyl adjacent to an activating group) is 1. The summed E-state index contributed by atoms with van der Waals surface area (Å²) in [7, 11) is 1.96. The van der Waals surface area contributed by atoms with Crippen molar-refractivity contribution in [3.63, 3.8) is 0 Å². The van der Waals surface area contributed by atoms with Crippen LogP contribution in [0, 0.1) is 0 Å². The maximum absolute atomic E-state index is 6.03. The van der Waals surface area contributed by atoms with E-state index >= 15 is 0 Å². The standard InChI is InChI=1S/C14H23NO/c1-5-12-7-9-13(10-8-12)16-14(3,6-2)11-15-4/h7-10,15H,5-6,11H2,1-4H3. The zero-order chi connectivity index (χ0) is 12.0. The molecule has 1 N–H and O–H groups in total. The molecule has 0 fully saturated rings. The first-order valence-corrected chi connectivity index (χ1v) is 6.06. The lowest BCUT2D eigenvalue weighted by Gasteiger charge is -2.29. The molecule has 0 radical (unpaired) electrons. The van der Waals surface area contributed by atoms with Crippen molar-refractivity contribution in [1.82, 2.24) is 5.32 Å². The molecule has 16 heavy (non-hydrogen) atoms. The van der Waals surface area contributed by atoms with Gasteiger partial charge in [-0.3, -0.25) is 0 Å². The van der Waals surface area contributed by atoms with Crippen LogP contribution in [-0.4, -0.2) is 19.2 Å². The lowest BCUT2D eigenvalue weighted by molar-refractivity contribution is 0.0858. The van der Waals surface area contributed by atoms with Gasteiger partial charge in [-0.2, -0.15) is 0 Å². The molecule has 0 saturated heterocycles. The minimum atomic E-state index is -0.123. The van der Waals surface area contributed by atoms with Gasteiger partial charge in [0.1, 0.15) is 11.4 Å². The molecule has 0 saturated carbocycles. The number of ether oxygens (including phenoxy) is 1. The fourth-order valence-corrected chi connectivity index (χ4v) is 1.68. The van der Waals surface area contributed by atoms with E-state index in [9.17, 15) is 0 Å². The first kappa shape index (κ1) is 13.0. The number of hydrogen-bond donors (Lipinski definition) is 1. The van der Waals surface area contributed by atoms with Crippen molar-refractivity contribution < 1.29 is 4.74 Å². The van der Waals surface area contributed by atoms with E-state index in [4.69, 9.17) is 4.74 Å². The van der Waals surface area contributed by atoms with Crippen molar-refractivity contribution >= 4 is 0 Å². The van der Waals surface area contributed by atoms with Crippen LogP contribution in [-0.2, 0) is 6.42 Å². The van der Waals surface area contributed by atoms with Crippen molar-refractivity contribution in [3.8, 4) is 5.75 Å². The molecule has 90 valence electrons. The minimum absolute atomic E-state index is 0.123. The lowest BCUT2D eigenvalue weighted by Crippen LogP contribution is -2.41. The number of hydrogen-bond acceptors (Lipinski definition) is 2. The minimum Gasteiger partial charge on any atom is -0.486 e. The fraction of sp³-hybridized carbons (Fsp3) is 0.571. The van der Waals surface area contributed by atoms with Crippen LogP contribution in [0.3, 0.4) is 0 Å². The molecular weight excluding hydrogens is 198 g/mol. The highest BCUT2D eigenvalue weighted by molar-refractivity contribution is 5.27. The molecular formula is C14H23NO. The van der Waals surface area contributed by atoms with Gasteiger partial charge < -0.3 is 10.1 Å². The van der Waals surface area contributed by atoms with E-state index in [0.717, 1.165) is 25.1 Å². The SMILES string of the molecule is CCc1ccc(OC(C)(CC)CNC)cc1. The van der Waals surface area contributed by atoms with E-state index in [-0.39, 0.29) is 5.60 Å². The van der Waals surface area contributed by atoms with Crippen molar-refractivity contribution in [2.24, 2.45) is 0 Å². The highest BCUT2D eigenvalue weighted by atomic mass is 16.5. The predicted molar refractivity (Wildman–Crippen MR) is 69.1 cm³/mol. The number of nitrogens with one attached hydrogen (secondary N) is 1.